The molecule has 1 aromatic rings. The van der Waals surface area contributed by atoms with E-state index < -0.39 is 0 Å². The van der Waals surface area contributed by atoms with E-state index in [0.717, 1.165) is 37.0 Å². The third-order valence-electron chi connectivity index (χ3n) is 3.21. The van der Waals surface area contributed by atoms with E-state index in [1.54, 1.807) is 6.08 Å². The summed E-state index contributed by atoms with van der Waals surface area (Å²) in [5, 5.41) is 5.48. The van der Waals surface area contributed by atoms with E-state index >= 15 is 0 Å². The van der Waals surface area contributed by atoms with Crippen molar-refractivity contribution in [2.45, 2.75) is 45.4 Å². The van der Waals surface area contributed by atoms with Gasteiger partial charge < -0.3 is 4.84 Å². The molecule has 0 aliphatic rings. The van der Waals surface area contributed by atoms with Crippen LogP contribution in [0, 0.1) is 0 Å². The van der Waals surface area contributed by atoms with Crippen molar-refractivity contribution in [1.82, 2.24) is 0 Å². The molecule has 0 saturated carbocycles. The van der Waals surface area contributed by atoms with Gasteiger partial charge in [-0.3, -0.25) is 0 Å². The van der Waals surface area contributed by atoms with Crippen LogP contribution in [0.1, 0.15) is 51.0 Å². The molecule has 4 heteroatoms. The molecule has 0 aliphatic heterocycles. The zero-order chi connectivity index (χ0) is 15.7. The van der Waals surface area contributed by atoms with Gasteiger partial charge in [-0.15, -0.1) is 0 Å². The molecule has 0 N–H and O–H groups in total. The van der Waals surface area contributed by atoms with Gasteiger partial charge >= 0.3 is 0 Å². The summed E-state index contributed by atoms with van der Waals surface area (Å²) in [6.07, 6.45) is 5.70. The van der Waals surface area contributed by atoms with Crippen LogP contribution in [0.15, 0.2) is 36.0 Å². The number of hydrogen-bond donors (Lipinski definition) is 0. The summed E-state index contributed by atoms with van der Waals surface area (Å²) in [4.78, 5) is 5.31. The molecule has 0 amide bonds. The first-order chi connectivity index (χ1) is 10.1. The number of nitrogens with zero attached hydrogens (tertiary/aromatic N) is 1. The first-order valence-electron chi connectivity index (χ1n) is 7.38. The molecular weight excluding hydrogens is 305 g/mol. The van der Waals surface area contributed by atoms with Gasteiger partial charge in [-0.05, 0) is 30.5 Å². The van der Waals surface area contributed by atoms with Crippen LogP contribution in [0.2, 0.25) is 10.0 Å². The second-order valence-electron chi connectivity index (χ2n) is 4.93. The lowest BCUT2D eigenvalue weighted by molar-refractivity contribution is 0.172. The van der Waals surface area contributed by atoms with Crippen LogP contribution in [0.25, 0.3) is 0 Å². The van der Waals surface area contributed by atoms with Crippen molar-refractivity contribution >= 4 is 28.9 Å². The Bertz CT molecular complexity index is 486. The van der Waals surface area contributed by atoms with Crippen LogP contribution in [0.4, 0.5) is 0 Å². The van der Waals surface area contributed by atoms with Gasteiger partial charge in [0.1, 0.15) is 6.61 Å². The molecule has 0 bridgehead atoms. The van der Waals surface area contributed by atoms with Crippen molar-refractivity contribution in [1.29, 1.82) is 0 Å². The molecule has 2 nitrogen and oxygen atoms in total. The Labute approximate surface area is 137 Å². The lowest BCUT2D eigenvalue weighted by Crippen LogP contribution is -2.13. The highest BCUT2D eigenvalue weighted by Gasteiger charge is 2.19. The Morgan fingerprint density at radius 3 is 2.62 bits per heavy atom. The van der Waals surface area contributed by atoms with Gasteiger partial charge in [-0.1, -0.05) is 73.8 Å². The average Bonchev–Trinajstić information content (AvgIpc) is 2.47. The Morgan fingerprint density at radius 1 is 1.29 bits per heavy atom. The molecule has 0 radical (unpaired) electrons. The maximum Gasteiger partial charge on any atom is 0.135 e. The number of rotatable bonds is 9. The van der Waals surface area contributed by atoms with E-state index in [1.165, 1.54) is 0 Å². The zero-order valence-corrected chi connectivity index (χ0v) is 14.3. The number of halogens is 2. The summed E-state index contributed by atoms with van der Waals surface area (Å²) in [6, 6.07) is 5.80. The summed E-state index contributed by atoms with van der Waals surface area (Å²) < 4.78 is 0. The minimum Gasteiger partial charge on any atom is -0.392 e. The van der Waals surface area contributed by atoms with E-state index in [-0.39, 0.29) is 5.92 Å². The van der Waals surface area contributed by atoms with E-state index in [0.29, 0.717) is 16.7 Å². The summed E-state index contributed by atoms with van der Waals surface area (Å²) in [6.45, 7) is 8.37. The van der Waals surface area contributed by atoms with E-state index in [1.807, 2.05) is 18.2 Å². The monoisotopic (exact) mass is 327 g/mol. The quantitative estimate of drug-likeness (QED) is 0.228. The highest BCUT2D eigenvalue weighted by molar-refractivity contribution is 6.42. The van der Waals surface area contributed by atoms with Crippen LogP contribution in [0.5, 0.6) is 0 Å². The molecule has 0 aliphatic carbocycles. The van der Waals surface area contributed by atoms with Crippen LogP contribution < -0.4 is 0 Å². The maximum atomic E-state index is 6.15. The Kier molecular flexibility index (Phi) is 8.48. The van der Waals surface area contributed by atoms with Crippen molar-refractivity contribution in [2.75, 3.05) is 6.61 Å². The van der Waals surface area contributed by atoms with Gasteiger partial charge in [0, 0.05) is 5.92 Å². The molecule has 1 aromatic carbocycles. The summed E-state index contributed by atoms with van der Waals surface area (Å²) >= 11 is 12.2. The molecule has 116 valence electrons. The molecule has 21 heavy (non-hydrogen) atoms. The fourth-order valence-electron chi connectivity index (χ4n) is 2.26. The van der Waals surface area contributed by atoms with Crippen LogP contribution in [0.3, 0.4) is 0 Å². The topological polar surface area (TPSA) is 21.6 Å². The largest absolute Gasteiger partial charge is 0.392 e. The van der Waals surface area contributed by atoms with Crippen LogP contribution in [-0.2, 0) is 4.84 Å². The lowest BCUT2D eigenvalue weighted by atomic mass is 9.88. The minimum absolute atomic E-state index is 0.217. The number of hydrogen-bond acceptors (Lipinski definition) is 2. The predicted octanol–water partition coefficient (Wildman–Crippen LogP) is 6.24. The average molecular weight is 328 g/mol. The Hall–Kier alpha value is -0.990. The van der Waals surface area contributed by atoms with Crippen LogP contribution in [-0.4, -0.2) is 12.3 Å². The van der Waals surface area contributed by atoms with Gasteiger partial charge in [0.15, 0.2) is 0 Å². The molecule has 0 heterocycles. The fraction of sp³-hybridized carbons (Fsp3) is 0.471. The molecule has 1 rings (SSSR count). The van der Waals surface area contributed by atoms with Gasteiger partial charge in [0.25, 0.3) is 0 Å². The second-order valence-corrected chi connectivity index (χ2v) is 5.75. The third kappa shape index (κ3) is 5.72. The molecule has 0 aromatic heterocycles. The summed E-state index contributed by atoms with van der Waals surface area (Å²) in [5.74, 6) is 0.217. The first-order valence-corrected chi connectivity index (χ1v) is 8.14. The molecule has 0 fully saturated rings. The van der Waals surface area contributed by atoms with Gasteiger partial charge in [-0.2, -0.15) is 0 Å². The fourth-order valence-corrected chi connectivity index (χ4v) is 2.56. The smallest absolute Gasteiger partial charge is 0.135 e. The third-order valence-corrected chi connectivity index (χ3v) is 3.94. The molecule has 1 unspecified atom stereocenters. The Morgan fingerprint density at radius 2 is 2.05 bits per heavy atom. The maximum absolute atomic E-state index is 6.15. The van der Waals surface area contributed by atoms with Crippen molar-refractivity contribution in [2.24, 2.45) is 5.16 Å². The molecular formula is C17H23Cl2NO. The van der Waals surface area contributed by atoms with Gasteiger partial charge in [0.2, 0.25) is 0 Å². The van der Waals surface area contributed by atoms with Crippen molar-refractivity contribution in [3.63, 3.8) is 0 Å². The number of oxime groups is 1. The highest BCUT2D eigenvalue weighted by atomic mass is 35.5. The van der Waals surface area contributed by atoms with Crippen molar-refractivity contribution in [3.05, 3.63) is 46.5 Å². The predicted molar refractivity (Wildman–Crippen MR) is 92.6 cm³/mol. The van der Waals surface area contributed by atoms with Crippen molar-refractivity contribution < 1.29 is 4.84 Å². The van der Waals surface area contributed by atoms with E-state index in [9.17, 15) is 0 Å². The number of benzene rings is 1. The SMILES string of the molecule is C=CCON=C(CCC)C(CCC)c1ccc(Cl)c(Cl)c1. The summed E-state index contributed by atoms with van der Waals surface area (Å²) in [7, 11) is 0. The first kappa shape index (κ1) is 18.1. The van der Waals surface area contributed by atoms with Gasteiger partial charge in [-0.25, -0.2) is 0 Å². The molecule has 0 saturated heterocycles. The molecule has 0 spiro atoms. The zero-order valence-electron chi connectivity index (χ0n) is 12.7. The second kappa shape index (κ2) is 9.86. The minimum atomic E-state index is 0.217. The Balaban J connectivity index is 3.07. The van der Waals surface area contributed by atoms with Crippen LogP contribution >= 0.6 is 23.2 Å². The molecule has 1 atom stereocenters. The normalized spacial score (nSPS) is 13.0. The van der Waals surface area contributed by atoms with Crippen molar-refractivity contribution in [3.8, 4) is 0 Å². The standard InChI is InChI=1S/C17H23Cl2NO/c1-4-7-14(13-9-10-15(18)16(19)12-13)17(8-5-2)20-21-11-6-3/h6,9-10,12,14H,3-5,7-8,11H2,1-2H3. The highest BCUT2D eigenvalue weighted by Crippen LogP contribution is 2.31. The van der Waals surface area contributed by atoms with E-state index in [4.69, 9.17) is 28.0 Å². The summed E-state index contributed by atoms with van der Waals surface area (Å²) in [5.41, 5.74) is 2.19. The van der Waals surface area contributed by atoms with E-state index in [2.05, 4.69) is 25.6 Å². The lowest BCUT2D eigenvalue weighted by Gasteiger charge is -2.19. The van der Waals surface area contributed by atoms with Gasteiger partial charge in [0.05, 0.1) is 15.8 Å².